The minimum absolute atomic E-state index is 0.118. The van der Waals surface area contributed by atoms with E-state index in [2.05, 4.69) is 48.1 Å². The van der Waals surface area contributed by atoms with Crippen molar-refractivity contribution in [3.8, 4) is 0 Å². The van der Waals surface area contributed by atoms with Crippen LogP contribution in [-0.4, -0.2) is 44.3 Å². The average molecular weight is 475 g/mol. The quantitative estimate of drug-likeness (QED) is 0.389. The van der Waals surface area contributed by atoms with E-state index in [-0.39, 0.29) is 17.3 Å². The largest absolute Gasteiger partial charge is 0.390 e. The number of aliphatic hydroxyl groups excluding tert-OH is 3. The Morgan fingerprint density at radius 3 is 2.32 bits per heavy atom. The van der Waals surface area contributed by atoms with Gasteiger partial charge in [0.2, 0.25) is 0 Å². The molecule has 34 heavy (non-hydrogen) atoms. The van der Waals surface area contributed by atoms with Crippen LogP contribution in [0.1, 0.15) is 99.3 Å². The van der Waals surface area contributed by atoms with Gasteiger partial charge in [-0.05, 0) is 96.7 Å². The van der Waals surface area contributed by atoms with Crippen molar-refractivity contribution < 1.29 is 20.4 Å². The molecule has 2 fully saturated rings. The van der Waals surface area contributed by atoms with E-state index in [0.29, 0.717) is 43.4 Å². The third kappa shape index (κ3) is 3.61. The Kier molecular flexibility index (Phi) is 6.99. The minimum atomic E-state index is -1.28. The molecule has 2 saturated carbocycles. The van der Waals surface area contributed by atoms with E-state index < -0.39 is 29.3 Å². The molecular weight excluding hydrogens is 424 g/mol. The van der Waals surface area contributed by atoms with Crippen LogP contribution in [0.4, 0.5) is 0 Å². The molecule has 4 heteroatoms. The average Bonchev–Trinajstić information content (AvgIpc) is 2.97. The van der Waals surface area contributed by atoms with Crippen molar-refractivity contribution in [2.45, 2.75) is 123 Å². The maximum Gasteiger partial charge on any atom is 0.117 e. The standard InChI is InChI=1S/C30H50O4/c1-8-20(17(2)3)10-9-18(4)23-15-26(33)30(34)22-12-11-21-19(5)24(31)13-14-28(21,6)27(22)25(32)16-29(23,30)7/h17-18,20-21,23-26,31-34H,5,8-16H2,1-4,6-7H3/t18-,20+,21+,23-,24+,25+,26+,28+,29-,30+/m1/s1. The Bertz CT molecular complexity index is 832. The van der Waals surface area contributed by atoms with Gasteiger partial charge in [0.05, 0.1) is 18.3 Å². The highest BCUT2D eigenvalue weighted by Crippen LogP contribution is 2.68. The van der Waals surface area contributed by atoms with Gasteiger partial charge in [0.1, 0.15) is 5.60 Å². The molecule has 0 aromatic carbocycles. The van der Waals surface area contributed by atoms with E-state index in [1.54, 1.807) is 0 Å². The molecule has 0 aromatic heterocycles. The van der Waals surface area contributed by atoms with Crippen molar-refractivity contribution >= 4 is 0 Å². The summed E-state index contributed by atoms with van der Waals surface area (Å²) >= 11 is 0. The van der Waals surface area contributed by atoms with Gasteiger partial charge in [-0.3, -0.25) is 0 Å². The van der Waals surface area contributed by atoms with Crippen LogP contribution in [0.2, 0.25) is 0 Å². The van der Waals surface area contributed by atoms with Crippen LogP contribution in [0.5, 0.6) is 0 Å². The summed E-state index contributed by atoms with van der Waals surface area (Å²) in [6.07, 6.45) is 5.56. The lowest BCUT2D eigenvalue weighted by Gasteiger charge is -2.59. The molecule has 0 aliphatic heterocycles. The van der Waals surface area contributed by atoms with Crippen LogP contribution in [0, 0.1) is 40.4 Å². The monoisotopic (exact) mass is 474 g/mol. The second-order valence-electron chi connectivity index (χ2n) is 13.3. The van der Waals surface area contributed by atoms with Crippen LogP contribution in [0.3, 0.4) is 0 Å². The van der Waals surface area contributed by atoms with E-state index in [4.69, 9.17) is 0 Å². The summed E-state index contributed by atoms with van der Waals surface area (Å²) in [7, 11) is 0. The zero-order valence-electron chi connectivity index (χ0n) is 22.5. The molecule has 4 N–H and O–H groups in total. The Morgan fingerprint density at radius 2 is 1.71 bits per heavy atom. The molecule has 10 atom stereocenters. The second-order valence-corrected chi connectivity index (χ2v) is 13.3. The van der Waals surface area contributed by atoms with Gasteiger partial charge < -0.3 is 20.4 Å². The van der Waals surface area contributed by atoms with E-state index in [1.807, 2.05) is 0 Å². The van der Waals surface area contributed by atoms with Crippen LogP contribution in [0.15, 0.2) is 23.3 Å². The SMILES string of the molecule is C=C1[C@@H](O)CC[C@]2(C)C3=C(CC[C@@H]12)[C@]1(O)[C@@H](O)C[C@H]([C@H](C)CC[C@H](CC)C(C)C)[C@@]1(C)C[C@@H]3O. The lowest BCUT2D eigenvalue weighted by molar-refractivity contribution is -0.133. The molecule has 0 heterocycles. The molecule has 194 valence electrons. The molecule has 4 aliphatic rings. The maximum atomic E-state index is 12.4. The summed E-state index contributed by atoms with van der Waals surface area (Å²) in [6, 6.07) is 0. The molecular formula is C30H50O4. The van der Waals surface area contributed by atoms with Crippen molar-refractivity contribution in [3.05, 3.63) is 23.3 Å². The molecule has 0 saturated heterocycles. The Labute approximate surface area is 207 Å². The Morgan fingerprint density at radius 1 is 1.03 bits per heavy atom. The fourth-order valence-corrected chi connectivity index (χ4v) is 9.25. The van der Waals surface area contributed by atoms with Crippen LogP contribution in [0.25, 0.3) is 0 Å². The molecule has 4 rings (SSSR count). The van der Waals surface area contributed by atoms with Gasteiger partial charge in [-0.2, -0.15) is 0 Å². The highest BCUT2D eigenvalue weighted by molar-refractivity contribution is 5.45. The van der Waals surface area contributed by atoms with Gasteiger partial charge in [-0.25, -0.2) is 0 Å². The predicted molar refractivity (Wildman–Crippen MR) is 137 cm³/mol. The summed E-state index contributed by atoms with van der Waals surface area (Å²) in [4.78, 5) is 0. The van der Waals surface area contributed by atoms with Crippen molar-refractivity contribution in [3.63, 3.8) is 0 Å². The summed E-state index contributed by atoms with van der Waals surface area (Å²) in [5.41, 5.74) is 0.603. The third-order valence-corrected chi connectivity index (χ3v) is 11.4. The van der Waals surface area contributed by atoms with Gasteiger partial charge in [0.15, 0.2) is 0 Å². The first kappa shape index (κ1) is 26.4. The minimum Gasteiger partial charge on any atom is -0.390 e. The van der Waals surface area contributed by atoms with E-state index in [0.717, 1.165) is 36.0 Å². The Balaban J connectivity index is 1.68. The van der Waals surface area contributed by atoms with Gasteiger partial charge in [0, 0.05) is 5.41 Å². The van der Waals surface area contributed by atoms with Crippen molar-refractivity contribution in [2.24, 2.45) is 40.4 Å². The molecule has 4 aliphatic carbocycles. The van der Waals surface area contributed by atoms with Crippen molar-refractivity contribution in [1.29, 1.82) is 0 Å². The first-order valence-electron chi connectivity index (χ1n) is 14.0. The number of rotatable bonds is 6. The zero-order valence-corrected chi connectivity index (χ0v) is 22.5. The summed E-state index contributed by atoms with van der Waals surface area (Å²) in [6.45, 7) is 17.7. The maximum absolute atomic E-state index is 12.4. The molecule has 0 amide bonds. The summed E-state index contributed by atoms with van der Waals surface area (Å²) in [5, 5.41) is 46.0. The van der Waals surface area contributed by atoms with Crippen LogP contribution in [-0.2, 0) is 0 Å². The van der Waals surface area contributed by atoms with E-state index >= 15 is 0 Å². The number of fused-ring (bicyclic) bond motifs is 4. The van der Waals surface area contributed by atoms with Gasteiger partial charge >= 0.3 is 0 Å². The third-order valence-electron chi connectivity index (χ3n) is 11.4. The number of hydrogen-bond acceptors (Lipinski definition) is 4. The molecule has 0 unspecified atom stereocenters. The molecule has 0 bridgehead atoms. The number of hydrogen-bond donors (Lipinski definition) is 4. The fraction of sp³-hybridized carbons (Fsp3) is 0.867. The number of aliphatic hydroxyl groups is 4. The zero-order chi connectivity index (χ0) is 25.2. The van der Waals surface area contributed by atoms with Gasteiger partial charge in [-0.15, -0.1) is 0 Å². The lowest BCUT2D eigenvalue weighted by atomic mass is 9.47. The first-order valence-corrected chi connectivity index (χ1v) is 14.0. The topological polar surface area (TPSA) is 80.9 Å². The van der Waals surface area contributed by atoms with Crippen molar-refractivity contribution in [1.82, 2.24) is 0 Å². The van der Waals surface area contributed by atoms with E-state index in [9.17, 15) is 20.4 Å². The van der Waals surface area contributed by atoms with Gasteiger partial charge in [0.25, 0.3) is 0 Å². The highest BCUT2D eigenvalue weighted by Gasteiger charge is 2.69. The van der Waals surface area contributed by atoms with Gasteiger partial charge in [-0.1, -0.05) is 61.0 Å². The molecule has 4 nitrogen and oxygen atoms in total. The summed E-state index contributed by atoms with van der Waals surface area (Å²) in [5.74, 6) is 2.05. The van der Waals surface area contributed by atoms with Crippen LogP contribution < -0.4 is 0 Å². The Hall–Kier alpha value is -0.680. The van der Waals surface area contributed by atoms with E-state index in [1.165, 1.54) is 12.8 Å². The smallest absolute Gasteiger partial charge is 0.117 e. The molecule has 0 aromatic rings. The lowest BCUT2D eigenvalue weighted by Crippen LogP contribution is -2.61. The summed E-state index contributed by atoms with van der Waals surface area (Å²) < 4.78 is 0. The normalized spacial score (nSPS) is 46.2. The molecule has 0 spiro atoms. The predicted octanol–water partition coefficient (Wildman–Crippen LogP) is 5.39. The first-order chi connectivity index (χ1) is 15.8. The van der Waals surface area contributed by atoms with Crippen molar-refractivity contribution in [2.75, 3.05) is 0 Å². The fourth-order valence-electron chi connectivity index (χ4n) is 9.25. The highest BCUT2D eigenvalue weighted by atomic mass is 16.3. The van der Waals surface area contributed by atoms with Crippen LogP contribution >= 0.6 is 0 Å². The second kappa shape index (κ2) is 9.01. The molecule has 0 radical (unpaired) electrons.